The zero-order valence-electron chi connectivity index (χ0n) is 10.7. The number of fused-ring (bicyclic) bond motifs is 2. The number of hydrogen-bond acceptors (Lipinski definition) is 5. The monoisotopic (exact) mass is 274 g/mol. The van der Waals surface area contributed by atoms with E-state index in [-0.39, 0.29) is 17.7 Å². The van der Waals surface area contributed by atoms with Crippen LogP contribution in [0.25, 0.3) is 0 Å². The van der Waals surface area contributed by atoms with Crippen LogP contribution in [-0.2, 0) is 9.53 Å². The molecule has 1 fully saturated rings. The second kappa shape index (κ2) is 4.96. The lowest BCUT2D eigenvalue weighted by Gasteiger charge is -2.35. The van der Waals surface area contributed by atoms with E-state index in [0.717, 1.165) is 25.0 Å². The number of nitrogens with one attached hydrogen (secondary N) is 1. The van der Waals surface area contributed by atoms with E-state index in [1.807, 2.05) is 0 Å². The molecule has 104 valence electrons. The Morgan fingerprint density at radius 3 is 3.05 bits per heavy atom. The molecule has 2 aliphatic rings. The van der Waals surface area contributed by atoms with Crippen LogP contribution in [0.15, 0.2) is 23.2 Å². The third kappa shape index (κ3) is 2.03. The van der Waals surface area contributed by atoms with Gasteiger partial charge >= 0.3 is 5.97 Å². The molecule has 0 amide bonds. The van der Waals surface area contributed by atoms with E-state index in [1.165, 1.54) is 0 Å². The minimum absolute atomic E-state index is 0.0679. The van der Waals surface area contributed by atoms with E-state index in [9.17, 15) is 14.7 Å². The first-order valence-corrected chi connectivity index (χ1v) is 6.51. The highest BCUT2D eigenvalue weighted by atomic mass is 16.5. The van der Waals surface area contributed by atoms with Crippen LogP contribution in [-0.4, -0.2) is 35.4 Å². The van der Waals surface area contributed by atoms with Gasteiger partial charge in [0.1, 0.15) is 6.10 Å². The summed E-state index contributed by atoms with van der Waals surface area (Å²) in [6, 6.07) is 4.90. The van der Waals surface area contributed by atoms with Gasteiger partial charge in [-0.25, -0.2) is 9.79 Å². The number of ether oxygens (including phenoxy) is 1. The number of aromatic carboxylic acids is 1. The van der Waals surface area contributed by atoms with Gasteiger partial charge in [0.15, 0.2) is 0 Å². The highest BCUT2D eigenvalue weighted by Gasteiger charge is 2.34. The van der Waals surface area contributed by atoms with Gasteiger partial charge in [0, 0.05) is 0 Å². The lowest BCUT2D eigenvalue weighted by atomic mass is 9.88. The number of rotatable bonds is 3. The molecule has 1 heterocycles. The van der Waals surface area contributed by atoms with E-state index < -0.39 is 5.97 Å². The predicted octanol–water partition coefficient (Wildman–Crippen LogP) is 1.98. The molecule has 0 saturated heterocycles. The number of carboxylic acid groups (broad SMARTS) is 1. The highest BCUT2D eigenvalue weighted by molar-refractivity contribution is 6.06. The number of nitrogens with zero attached hydrogens (tertiary/aromatic N) is 1. The second-order valence-corrected chi connectivity index (χ2v) is 4.89. The van der Waals surface area contributed by atoms with E-state index >= 15 is 0 Å². The average molecular weight is 274 g/mol. The van der Waals surface area contributed by atoms with Crippen LogP contribution >= 0.6 is 0 Å². The molecule has 1 aliphatic carbocycles. The van der Waals surface area contributed by atoms with Gasteiger partial charge in [-0.1, -0.05) is 6.07 Å². The quantitative estimate of drug-likeness (QED) is 0.823. The van der Waals surface area contributed by atoms with Gasteiger partial charge in [0.2, 0.25) is 0 Å². The van der Waals surface area contributed by atoms with Crippen LogP contribution in [0.2, 0.25) is 0 Å². The van der Waals surface area contributed by atoms with Crippen LogP contribution in [0.3, 0.4) is 0 Å². The number of carbonyl (C=O) groups excluding carboxylic acids is 1. The van der Waals surface area contributed by atoms with Crippen molar-refractivity contribution in [3.63, 3.8) is 0 Å². The normalized spacial score (nSPS) is 23.7. The van der Waals surface area contributed by atoms with Crippen LogP contribution in [0.5, 0.6) is 0 Å². The zero-order chi connectivity index (χ0) is 14.1. The number of aliphatic imine (C=N–C) groups is 1. The Hall–Kier alpha value is -2.37. The first-order chi connectivity index (χ1) is 9.70. The fraction of sp³-hybridized carbons (Fsp3) is 0.357. The van der Waals surface area contributed by atoms with Crippen molar-refractivity contribution in [3.8, 4) is 0 Å². The molecule has 0 spiro atoms. The largest absolute Gasteiger partial charge is 0.478 e. The first kappa shape index (κ1) is 12.7. The summed E-state index contributed by atoms with van der Waals surface area (Å²) < 4.78 is 5.08. The summed E-state index contributed by atoms with van der Waals surface area (Å²) in [5.41, 5.74) is 2.11. The Morgan fingerprint density at radius 1 is 1.45 bits per heavy atom. The summed E-state index contributed by atoms with van der Waals surface area (Å²) in [6.45, 7) is 0.443. The Labute approximate surface area is 115 Å². The van der Waals surface area contributed by atoms with Crippen molar-refractivity contribution in [2.24, 2.45) is 4.99 Å². The highest BCUT2D eigenvalue weighted by Crippen LogP contribution is 2.37. The van der Waals surface area contributed by atoms with Gasteiger partial charge in [-0.05, 0) is 31.4 Å². The van der Waals surface area contributed by atoms with E-state index in [0.29, 0.717) is 17.8 Å². The SMILES string of the molecule is O=CO[C@@H]1CCCC2Nc3c(cccc3C(=O)O)N=C21. The Kier molecular flexibility index (Phi) is 3.14. The molecule has 1 aliphatic heterocycles. The fourth-order valence-corrected chi connectivity index (χ4v) is 2.80. The molecule has 1 aromatic rings. The number of anilines is 1. The van der Waals surface area contributed by atoms with Crippen LogP contribution in [0.4, 0.5) is 11.4 Å². The minimum atomic E-state index is -0.982. The van der Waals surface area contributed by atoms with Crippen LogP contribution < -0.4 is 5.32 Å². The summed E-state index contributed by atoms with van der Waals surface area (Å²) in [5, 5.41) is 12.4. The number of benzene rings is 1. The molecule has 20 heavy (non-hydrogen) atoms. The minimum Gasteiger partial charge on any atom is -0.478 e. The van der Waals surface area contributed by atoms with Crippen LogP contribution in [0, 0.1) is 0 Å². The molecule has 1 saturated carbocycles. The Balaban J connectivity index is 2.05. The van der Waals surface area contributed by atoms with Gasteiger partial charge < -0.3 is 15.2 Å². The van der Waals surface area contributed by atoms with Crippen molar-refractivity contribution in [1.82, 2.24) is 0 Å². The number of hydrogen-bond donors (Lipinski definition) is 2. The Morgan fingerprint density at radius 2 is 2.30 bits per heavy atom. The van der Waals surface area contributed by atoms with Crippen molar-refractivity contribution < 1.29 is 19.4 Å². The van der Waals surface area contributed by atoms with E-state index in [4.69, 9.17) is 4.74 Å². The number of carboxylic acids is 1. The molecule has 1 unspecified atom stereocenters. The standard InChI is InChI=1S/C14H14N2O4/c17-7-20-11-6-2-5-10-13(11)16-9-4-1-3-8(14(18)19)12(9)15-10/h1,3-4,7,10-11,15H,2,5-6H2,(H,18,19)/t10?,11-/m1/s1. The molecule has 2 atom stereocenters. The second-order valence-electron chi connectivity index (χ2n) is 4.89. The predicted molar refractivity (Wildman–Crippen MR) is 72.7 cm³/mol. The van der Waals surface area contributed by atoms with Crippen LogP contribution in [0.1, 0.15) is 29.6 Å². The van der Waals surface area contributed by atoms with Crippen molar-refractivity contribution in [2.45, 2.75) is 31.4 Å². The molecule has 2 N–H and O–H groups in total. The molecular weight excluding hydrogens is 260 g/mol. The van der Waals surface area contributed by atoms with Gasteiger partial charge in [0.05, 0.1) is 28.7 Å². The zero-order valence-corrected chi connectivity index (χ0v) is 10.7. The van der Waals surface area contributed by atoms with Gasteiger partial charge in [-0.3, -0.25) is 4.79 Å². The van der Waals surface area contributed by atoms with Gasteiger partial charge in [0.25, 0.3) is 6.47 Å². The van der Waals surface area contributed by atoms with Crippen molar-refractivity contribution in [1.29, 1.82) is 0 Å². The summed E-state index contributed by atoms with van der Waals surface area (Å²) >= 11 is 0. The Bertz CT molecular complexity index is 597. The van der Waals surface area contributed by atoms with E-state index in [1.54, 1.807) is 18.2 Å². The maximum atomic E-state index is 11.2. The molecule has 6 nitrogen and oxygen atoms in total. The molecule has 6 heteroatoms. The number of carbonyl (C=O) groups is 2. The third-order valence-corrected chi connectivity index (χ3v) is 3.71. The van der Waals surface area contributed by atoms with E-state index in [2.05, 4.69) is 10.3 Å². The third-order valence-electron chi connectivity index (χ3n) is 3.71. The van der Waals surface area contributed by atoms with Crippen molar-refractivity contribution in [2.75, 3.05) is 5.32 Å². The summed E-state index contributed by atoms with van der Waals surface area (Å²) in [7, 11) is 0. The smallest absolute Gasteiger partial charge is 0.337 e. The topological polar surface area (TPSA) is 88.0 Å². The summed E-state index contributed by atoms with van der Waals surface area (Å²) in [4.78, 5) is 26.3. The average Bonchev–Trinajstić information content (AvgIpc) is 2.45. The molecule has 1 aromatic carbocycles. The maximum Gasteiger partial charge on any atom is 0.337 e. The van der Waals surface area contributed by atoms with Gasteiger partial charge in [-0.2, -0.15) is 0 Å². The maximum absolute atomic E-state index is 11.2. The summed E-state index contributed by atoms with van der Waals surface area (Å²) in [6.07, 6.45) is 2.19. The molecule has 0 bridgehead atoms. The number of para-hydroxylation sites is 1. The lowest BCUT2D eigenvalue weighted by Crippen LogP contribution is -2.44. The molecule has 0 aromatic heterocycles. The molecule has 0 radical (unpaired) electrons. The lowest BCUT2D eigenvalue weighted by molar-refractivity contribution is -0.131. The molecular formula is C14H14N2O4. The van der Waals surface area contributed by atoms with Crippen molar-refractivity contribution in [3.05, 3.63) is 23.8 Å². The first-order valence-electron chi connectivity index (χ1n) is 6.51. The van der Waals surface area contributed by atoms with Gasteiger partial charge in [-0.15, -0.1) is 0 Å². The molecule has 3 rings (SSSR count). The summed E-state index contributed by atoms with van der Waals surface area (Å²) in [5.74, 6) is -0.982. The fourth-order valence-electron chi connectivity index (χ4n) is 2.80. The van der Waals surface area contributed by atoms with Crippen molar-refractivity contribution >= 4 is 29.5 Å².